The molecule has 1 aromatic carbocycles. The van der Waals surface area contributed by atoms with Crippen molar-refractivity contribution in [2.24, 2.45) is 0 Å². The van der Waals surface area contributed by atoms with E-state index < -0.39 is 5.97 Å². The molecule has 0 spiro atoms. The molecule has 1 atom stereocenters. The Bertz CT molecular complexity index is 1300. The highest BCUT2D eigenvalue weighted by molar-refractivity contribution is 6.29. The van der Waals surface area contributed by atoms with Gasteiger partial charge in [-0.25, -0.2) is 19.7 Å². The highest BCUT2D eigenvalue weighted by atomic mass is 35.5. The Morgan fingerprint density at radius 1 is 1.31 bits per heavy atom. The SMILES string of the molecule is Cc1cc([C@@H](C)Nc2ccc(Cl)nc2C(=O)O)c2nc(C3=CCOCC3)c(C#N)nc2c1. The number of halogens is 1. The molecule has 9 heteroatoms. The maximum absolute atomic E-state index is 11.6. The second-order valence-corrected chi connectivity index (χ2v) is 7.90. The predicted molar refractivity (Wildman–Crippen MR) is 121 cm³/mol. The summed E-state index contributed by atoms with van der Waals surface area (Å²) in [6.07, 6.45) is 2.58. The Balaban J connectivity index is 1.82. The summed E-state index contributed by atoms with van der Waals surface area (Å²) in [6.45, 7) is 4.88. The van der Waals surface area contributed by atoms with Crippen LogP contribution in [0.15, 0.2) is 30.3 Å². The molecule has 0 fully saturated rings. The number of aromatic nitrogens is 3. The fourth-order valence-electron chi connectivity index (χ4n) is 3.73. The van der Waals surface area contributed by atoms with Gasteiger partial charge in [-0.3, -0.25) is 0 Å². The number of hydrogen-bond acceptors (Lipinski definition) is 7. The number of aryl methyl sites for hydroxylation is 1. The van der Waals surface area contributed by atoms with Crippen LogP contribution in [0.4, 0.5) is 5.69 Å². The lowest BCUT2D eigenvalue weighted by Crippen LogP contribution is -2.14. The van der Waals surface area contributed by atoms with Crippen LogP contribution in [0.3, 0.4) is 0 Å². The van der Waals surface area contributed by atoms with Gasteiger partial charge in [-0.1, -0.05) is 23.7 Å². The van der Waals surface area contributed by atoms with Crippen molar-refractivity contribution in [2.75, 3.05) is 18.5 Å². The molecule has 0 aliphatic carbocycles. The third kappa shape index (κ3) is 4.26. The second-order valence-electron chi connectivity index (χ2n) is 7.51. The van der Waals surface area contributed by atoms with E-state index in [1.54, 1.807) is 6.07 Å². The summed E-state index contributed by atoms with van der Waals surface area (Å²) < 4.78 is 5.38. The van der Waals surface area contributed by atoms with Crippen LogP contribution in [0, 0.1) is 18.3 Å². The minimum atomic E-state index is -1.18. The molecular weight excluding hydrogens is 430 g/mol. The minimum Gasteiger partial charge on any atom is -0.476 e. The van der Waals surface area contributed by atoms with Gasteiger partial charge in [0.25, 0.3) is 0 Å². The third-order valence-corrected chi connectivity index (χ3v) is 5.43. The quantitative estimate of drug-likeness (QED) is 0.545. The molecule has 0 radical (unpaired) electrons. The number of carbonyl (C=O) groups is 1. The fraction of sp³-hybridized carbons (Fsp3) is 0.261. The number of hydrogen-bond donors (Lipinski definition) is 2. The van der Waals surface area contributed by atoms with Crippen molar-refractivity contribution in [2.45, 2.75) is 26.3 Å². The lowest BCUT2D eigenvalue weighted by atomic mass is 10.0. The van der Waals surface area contributed by atoms with Gasteiger partial charge in [0.2, 0.25) is 0 Å². The normalized spacial score (nSPS) is 14.5. The van der Waals surface area contributed by atoms with Crippen molar-refractivity contribution in [1.82, 2.24) is 15.0 Å². The monoisotopic (exact) mass is 449 g/mol. The summed E-state index contributed by atoms with van der Waals surface area (Å²) in [4.78, 5) is 25.0. The van der Waals surface area contributed by atoms with Gasteiger partial charge in [0.05, 0.1) is 36.0 Å². The number of pyridine rings is 1. The van der Waals surface area contributed by atoms with Gasteiger partial charge in [-0.15, -0.1) is 0 Å². The van der Waals surface area contributed by atoms with Gasteiger partial charge in [-0.05, 0) is 49.6 Å². The van der Waals surface area contributed by atoms with E-state index in [1.165, 1.54) is 6.07 Å². The Hall–Kier alpha value is -3.54. The lowest BCUT2D eigenvalue weighted by molar-refractivity contribution is 0.0691. The molecule has 1 aliphatic rings. The van der Waals surface area contributed by atoms with Gasteiger partial charge in [0.1, 0.15) is 16.9 Å². The minimum absolute atomic E-state index is 0.103. The molecule has 0 unspecified atom stereocenters. The van der Waals surface area contributed by atoms with Crippen molar-refractivity contribution in [3.8, 4) is 6.07 Å². The van der Waals surface area contributed by atoms with Crippen molar-refractivity contribution >= 4 is 39.9 Å². The highest BCUT2D eigenvalue weighted by Crippen LogP contribution is 2.31. The number of benzene rings is 1. The molecule has 1 aliphatic heterocycles. The fourth-order valence-corrected chi connectivity index (χ4v) is 3.88. The maximum Gasteiger partial charge on any atom is 0.356 e. The molecule has 4 rings (SSSR count). The van der Waals surface area contributed by atoms with Crippen LogP contribution in [-0.4, -0.2) is 39.2 Å². The Morgan fingerprint density at radius 3 is 2.81 bits per heavy atom. The Kier molecular flexibility index (Phi) is 6.04. The number of rotatable bonds is 5. The first-order valence-corrected chi connectivity index (χ1v) is 10.4. The molecule has 162 valence electrons. The summed E-state index contributed by atoms with van der Waals surface area (Å²) in [5.41, 5.74) is 4.99. The number of fused-ring (bicyclic) bond motifs is 1. The molecule has 2 N–H and O–H groups in total. The number of aromatic carboxylic acids is 1. The van der Waals surface area contributed by atoms with Crippen LogP contribution in [0.1, 0.15) is 52.4 Å². The van der Waals surface area contributed by atoms with Crippen LogP contribution in [0.25, 0.3) is 16.6 Å². The zero-order chi connectivity index (χ0) is 22.8. The number of ether oxygens (including phenoxy) is 1. The molecule has 3 heterocycles. The zero-order valence-corrected chi connectivity index (χ0v) is 18.3. The second kappa shape index (κ2) is 8.91. The van der Waals surface area contributed by atoms with E-state index in [0.29, 0.717) is 42.0 Å². The van der Waals surface area contributed by atoms with Gasteiger partial charge >= 0.3 is 5.97 Å². The molecule has 0 amide bonds. The smallest absolute Gasteiger partial charge is 0.356 e. The summed E-state index contributed by atoms with van der Waals surface area (Å²) >= 11 is 5.87. The largest absolute Gasteiger partial charge is 0.476 e. The van der Waals surface area contributed by atoms with Crippen LogP contribution in [0.2, 0.25) is 5.15 Å². The van der Waals surface area contributed by atoms with Gasteiger partial charge in [0.15, 0.2) is 11.4 Å². The van der Waals surface area contributed by atoms with E-state index in [2.05, 4.69) is 21.4 Å². The molecule has 8 nitrogen and oxygen atoms in total. The van der Waals surface area contributed by atoms with Crippen LogP contribution >= 0.6 is 11.6 Å². The van der Waals surface area contributed by atoms with Gasteiger partial charge in [0, 0.05) is 5.56 Å². The standard InChI is InChI=1S/C23H20ClN5O3/c1-12-9-15(13(2)26-16-3-4-19(24)28-22(16)23(30)31)21-17(10-12)27-18(11-25)20(29-21)14-5-7-32-8-6-14/h3-5,9-10,13,26H,6-8H2,1-2H3,(H,30,31)/t13-/m1/s1. The Labute approximate surface area is 189 Å². The summed E-state index contributed by atoms with van der Waals surface area (Å²) in [6, 6.07) is 8.82. The molecule has 0 bridgehead atoms. The predicted octanol–water partition coefficient (Wildman–Crippen LogP) is 4.53. The topological polar surface area (TPSA) is 121 Å². The molecule has 3 aromatic rings. The van der Waals surface area contributed by atoms with Crippen LogP contribution < -0.4 is 5.32 Å². The number of nitrogens with zero attached hydrogens (tertiary/aromatic N) is 4. The van der Waals surface area contributed by atoms with Gasteiger partial charge in [-0.2, -0.15) is 5.26 Å². The number of carboxylic acid groups (broad SMARTS) is 1. The van der Waals surface area contributed by atoms with E-state index in [-0.39, 0.29) is 22.6 Å². The number of nitrogens with one attached hydrogen (secondary N) is 1. The molecule has 32 heavy (non-hydrogen) atoms. The summed E-state index contributed by atoms with van der Waals surface area (Å²) in [7, 11) is 0. The third-order valence-electron chi connectivity index (χ3n) is 5.22. The molecule has 0 saturated carbocycles. The van der Waals surface area contributed by atoms with E-state index in [0.717, 1.165) is 16.7 Å². The lowest BCUT2D eigenvalue weighted by Gasteiger charge is -2.20. The van der Waals surface area contributed by atoms with E-state index in [4.69, 9.17) is 21.3 Å². The van der Waals surface area contributed by atoms with Crippen molar-refractivity contribution < 1.29 is 14.6 Å². The number of carboxylic acids is 1. The van der Waals surface area contributed by atoms with E-state index >= 15 is 0 Å². The summed E-state index contributed by atoms with van der Waals surface area (Å²) in [5.74, 6) is -1.18. The van der Waals surface area contributed by atoms with Crippen molar-refractivity contribution in [3.05, 3.63) is 63.7 Å². The highest BCUT2D eigenvalue weighted by Gasteiger charge is 2.21. The number of nitriles is 1. The Morgan fingerprint density at radius 2 is 2.12 bits per heavy atom. The average Bonchev–Trinajstić information content (AvgIpc) is 2.79. The average molecular weight is 450 g/mol. The van der Waals surface area contributed by atoms with E-state index in [9.17, 15) is 15.2 Å². The first kappa shape index (κ1) is 21.7. The maximum atomic E-state index is 11.6. The molecule has 0 saturated heterocycles. The number of anilines is 1. The van der Waals surface area contributed by atoms with Gasteiger partial charge < -0.3 is 15.2 Å². The van der Waals surface area contributed by atoms with Crippen LogP contribution in [0.5, 0.6) is 0 Å². The van der Waals surface area contributed by atoms with Crippen molar-refractivity contribution in [1.29, 1.82) is 5.26 Å². The zero-order valence-electron chi connectivity index (χ0n) is 17.5. The van der Waals surface area contributed by atoms with Crippen LogP contribution in [-0.2, 0) is 4.74 Å². The first-order chi connectivity index (χ1) is 15.4. The molecular formula is C23H20ClN5O3. The van der Waals surface area contributed by atoms with Crippen molar-refractivity contribution in [3.63, 3.8) is 0 Å². The first-order valence-electron chi connectivity index (χ1n) is 10.0. The summed E-state index contributed by atoms with van der Waals surface area (Å²) in [5, 5.41) is 22.5. The molecule has 2 aromatic heterocycles. The van der Waals surface area contributed by atoms with E-state index in [1.807, 2.05) is 32.1 Å².